The second-order valence-corrected chi connectivity index (χ2v) is 5.78. The minimum absolute atomic E-state index is 0.119. The van der Waals surface area contributed by atoms with Gasteiger partial charge in [0, 0.05) is 20.1 Å². The number of amides is 1. The van der Waals surface area contributed by atoms with Crippen molar-refractivity contribution < 1.29 is 18.8 Å². The number of hydrogen-bond donors (Lipinski definition) is 1. The lowest BCUT2D eigenvalue weighted by Crippen LogP contribution is -2.35. The van der Waals surface area contributed by atoms with Crippen molar-refractivity contribution in [2.24, 2.45) is 5.92 Å². The van der Waals surface area contributed by atoms with E-state index in [1.165, 1.54) is 6.92 Å². The van der Waals surface area contributed by atoms with Crippen LogP contribution in [0, 0.1) is 5.92 Å². The van der Waals surface area contributed by atoms with Gasteiger partial charge in [0.15, 0.2) is 6.61 Å². The standard InChI is InChI=1S/C17H21N3O4/c1-12(21)18-16(13-7-9-22-10-8-13)17-19-15(20-24-17)11-23-14-5-3-2-4-6-14/h2-6,13,16H,7-11H2,1H3,(H,18,21). The number of benzene rings is 1. The third-order valence-electron chi connectivity index (χ3n) is 3.96. The molecule has 1 N–H and O–H groups in total. The van der Waals surface area contributed by atoms with E-state index in [4.69, 9.17) is 14.0 Å². The van der Waals surface area contributed by atoms with Crippen molar-refractivity contribution in [2.75, 3.05) is 13.2 Å². The summed E-state index contributed by atoms with van der Waals surface area (Å²) in [4.78, 5) is 15.9. The number of carbonyl (C=O) groups is 1. The minimum Gasteiger partial charge on any atom is -0.485 e. The Hall–Kier alpha value is -2.41. The van der Waals surface area contributed by atoms with E-state index in [0.29, 0.717) is 24.9 Å². The van der Waals surface area contributed by atoms with Crippen molar-refractivity contribution in [3.63, 3.8) is 0 Å². The predicted molar refractivity (Wildman–Crippen MR) is 85.2 cm³/mol. The summed E-state index contributed by atoms with van der Waals surface area (Å²) in [5, 5.41) is 6.88. The first-order valence-electron chi connectivity index (χ1n) is 8.07. The highest BCUT2D eigenvalue weighted by molar-refractivity contribution is 5.73. The smallest absolute Gasteiger partial charge is 0.249 e. The number of carbonyl (C=O) groups excluding carboxylic acids is 1. The number of nitrogens with zero attached hydrogens (tertiary/aromatic N) is 2. The molecule has 1 unspecified atom stereocenters. The van der Waals surface area contributed by atoms with Crippen molar-refractivity contribution in [2.45, 2.75) is 32.4 Å². The highest BCUT2D eigenvalue weighted by Gasteiger charge is 2.30. The molecule has 1 amide bonds. The Bertz CT molecular complexity index is 653. The first-order valence-corrected chi connectivity index (χ1v) is 8.07. The Kier molecular flexibility index (Phi) is 5.43. The van der Waals surface area contributed by atoms with Crippen LogP contribution in [0.15, 0.2) is 34.9 Å². The van der Waals surface area contributed by atoms with Crippen LogP contribution < -0.4 is 10.1 Å². The molecule has 0 spiro atoms. The van der Waals surface area contributed by atoms with Crippen LogP contribution in [0.1, 0.15) is 37.5 Å². The van der Waals surface area contributed by atoms with Crippen LogP contribution in [-0.2, 0) is 16.1 Å². The molecule has 24 heavy (non-hydrogen) atoms. The number of ether oxygens (including phenoxy) is 2. The lowest BCUT2D eigenvalue weighted by Gasteiger charge is -2.28. The zero-order chi connectivity index (χ0) is 16.8. The van der Waals surface area contributed by atoms with Gasteiger partial charge in [-0.1, -0.05) is 23.4 Å². The van der Waals surface area contributed by atoms with Crippen LogP contribution in [0.2, 0.25) is 0 Å². The van der Waals surface area contributed by atoms with Crippen molar-refractivity contribution >= 4 is 5.91 Å². The van der Waals surface area contributed by atoms with Crippen LogP contribution in [0.4, 0.5) is 0 Å². The molecule has 1 saturated heterocycles. The van der Waals surface area contributed by atoms with E-state index in [9.17, 15) is 4.79 Å². The fourth-order valence-electron chi connectivity index (χ4n) is 2.77. The van der Waals surface area contributed by atoms with Gasteiger partial charge in [0.2, 0.25) is 17.6 Å². The summed E-state index contributed by atoms with van der Waals surface area (Å²) in [5.41, 5.74) is 0. The maximum atomic E-state index is 11.5. The van der Waals surface area contributed by atoms with Crippen LogP contribution in [0.25, 0.3) is 0 Å². The monoisotopic (exact) mass is 331 g/mol. The molecule has 1 aromatic carbocycles. The Morgan fingerprint density at radius 3 is 2.79 bits per heavy atom. The van der Waals surface area contributed by atoms with Crippen LogP contribution in [0.5, 0.6) is 5.75 Å². The second-order valence-electron chi connectivity index (χ2n) is 5.78. The Morgan fingerprint density at radius 1 is 1.33 bits per heavy atom. The molecular formula is C17H21N3O4. The van der Waals surface area contributed by atoms with E-state index < -0.39 is 0 Å². The topological polar surface area (TPSA) is 86.5 Å². The average Bonchev–Trinajstić information content (AvgIpc) is 3.08. The fraction of sp³-hybridized carbons (Fsp3) is 0.471. The number of rotatable bonds is 6. The molecule has 128 valence electrons. The summed E-state index contributed by atoms with van der Waals surface area (Å²) in [7, 11) is 0. The minimum atomic E-state index is -0.288. The molecule has 1 aromatic heterocycles. The molecule has 7 nitrogen and oxygen atoms in total. The predicted octanol–water partition coefficient (Wildman–Crippen LogP) is 2.25. The largest absolute Gasteiger partial charge is 0.485 e. The van der Waals surface area contributed by atoms with Crippen molar-refractivity contribution in [1.29, 1.82) is 0 Å². The first kappa shape index (κ1) is 16.4. The molecule has 0 radical (unpaired) electrons. The average molecular weight is 331 g/mol. The summed E-state index contributed by atoms with van der Waals surface area (Å²) in [6.45, 7) is 3.06. The SMILES string of the molecule is CC(=O)NC(c1nc(COc2ccccc2)no1)C1CCOCC1. The van der Waals surface area contributed by atoms with Crippen LogP contribution >= 0.6 is 0 Å². The maximum absolute atomic E-state index is 11.5. The van der Waals surface area contributed by atoms with Crippen LogP contribution in [0.3, 0.4) is 0 Å². The lowest BCUT2D eigenvalue weighted by atomic mass is 9.91. The van der Waals surface area contributed by atoms with E-state index in [2.05, 4.69) is 15.5 Å². The number of hydrogen-bond acceptors (Lipinski definition) is 6. The Labute approximate surface area is 140 Å². The molecule has 7 heteroatoms. The number of nitrogens with one attached hydrogen (secondary N) is 1. The van der Waals surface area contributed by atoms with E-state index in [1.54, 1.807) is 0 Å². The summed E-state index contributed by atoms with van der Waals surface area (Å²) >= 11 is 0. The van der Waals surface area contributed by atoms with Crippen LogP contribution in [-0.4, -0.2) is 29.3 Å². The van der Waals surface area contributed by atoms with Gasteiger partial charge < -0.3 is 19.3 Å². The molecule has 0 bridgehead atoms. The molecule has 0 aliphatic carbocycles. The van der Waals surface area contributed by atoms with E-state index in [0.717, 1.165) is 18.6 Å². The zero-order valence-corrected chi connectivity index (χ0v) is 13.6. The van der Waals surface area contributed by atoms with Crippen molar-refractivity contribution in [3.8, 4) is 5.75 Å². The van der Waals surface area contributed by atoms with Gasteiger partial charge in [0.1, 0.15) is 11.8 Å². The molecule has 3 rings (SSSR count). The molecule has 1 aliphatic rings. The van der Waals surface area contributed by atoms with E-state index >= 15 is 0 Å². The molecular weight excluding hydrogens is 310 g/mol. The molecule has 2 aromatic rings. The second kappa shape index (κ2) is 7.92. The first-order chi connectivity index (χ1) is 11.7. The molecule has 1 atom stereocenters. The highest BCUT2D eigenvalue weighted by atomic mass is 16.5. The third-order valence-corrected chi connectivity index (χ3v) is 3.96. The number of aromatic nitrogens is 2. The number of para-hydroxylation sites is 1. The Balaban J connectivity index is 1.67. The molecule has 1 fully saturated rings. The molecule has 1 aliphatic heterocycles. The van der Waals surface area contributed by atoms with Gasteiger partial charge in [0.05, 0.1) is 0 Å². The molecule has 0 saturated carbocycles. The van der Waals surface area contributed by atoms with Gasteiger partial charge in [-0.2, -0.15) is 4.98 Å². The van der Waals surface area contributed by atoms with Gasteiger partial charge in [-0.15, -0.1) is 0 Å². The third kappa shape index (κ3) is 4.32. The van der Waals surface area contributed by atoms with Crippen molar-refractivity contribution in [3.05, 3.63) is 42.0 Å². The summed E-state index contributed by atoms with van der Waals surface area (Å²) in [6, 6.07) is 9.16. The normalized spacial score (nSPS) is 16.5. The lowest BCUT2D eigenvalue weighted by molar-refractivity contribution is -0.120. The van der Waals surface area contributed by atoms with E-state index in [-0.39, 0.29) is 24.5 Å². The van der Waals surface area contributed by atoms with Gasteiger partial charge in [0.25, 0.3) is 0 Å². The zero-order valence-electron chi connectivity index (χ0n) is 13.6. The maximum Gasteiger partial charge on any atom is 0.249 e. The van der Waals surface area contributed by atoms with Gasteiger partial charge in [-0.25, -0.2) is 0 Å². The summed E-state index contributed by atoms with van der Waals surface area (Å²) in [6.07, 6.45) is 1.70. The van der Waals surface area contributed by atoms with Gasteiger partial charge in [-0.05, 0) is 30.9 Å². The summed E-state index contributed by atoms with van der Waals surface area (Å²) < 4.78 is 16.4. The van der Waals surface area contributed by atoms with Crippen molar-refractivity contribution in [1.82, 2.24) is 15.5 Å². The quantitative estimate of drug-likeness (QED) is 0.874. The highest BCUT2D eigenvalue weighted by Crippen LogP contribution is 2.29. The van der Waals surface area contributed by atoms with Gasteiger partial charge >= 0.3 is 0 Å². The molecule has 2 heterocycles. The van der Waals surface area contributed by atoms with Gasteiger partial charge in [-0.3, -0.25) is 4.79 Å². The fourth-order valence-corrected chi connectivity index (χ4v) is 2.77. The van der Waals surface area contributed by atoms with E-state index in [1.807, 2.05) is 30.3 Å². The summed E-state index contributed by atoms with van der Waals surface area (Å²) in [5.74, 6) is 1.73. The Morgan fingerprint density at radius 2 is 2.08 bits per heavy atom.